The van der Waals surface area contributed by atoms with Gasteiger partial charge in [-0.2, -0.15) is 0 Å². The molecule has 2 aromatic heterocycles. The van der Waals surface area contributed by atoms with Crippen LogP contribution in [0.15, 0.2) is 70.7 Å². The van der Waals surface area contributed by atoms with Crippen molar-refractivity contribution in [2.45, 2.75) is 155 Å². The molecule has 19 heteroatoms. The van der Waals surface area contributed by atoms with Gasteiger partial charge in [-0.15, -0.1) is 11.3 Å². The number of amides is 4. The summed E-state index contributed by atoms with van der Waals surface area (Å²) in [5, 5.41) is 23.4. The van der Waals surface area contributed by atoms with Crippen LogP contribution in [-0.4, -0.2) is 75.6 Å². The van der Waals surface area contributed by atoms with E-state index >= 15 is 0 Å². The van der Waals surface area contributed by atoms with Gasteiger partial charge < -0.3 is 30.5 Å². The van der Waals surface area contributed by atoms with Crippen LogP contribution >= 0.6 is 33.9 Å². The van der Waals surface area contributed by atoms with Crippen LogP contribution in [0.25, 0.3) is 10.4 Å². The molecule has 5 N–H and O–H groups in total. The maximum Gasteiger partial charge on any atom is 0.277 e. The normalized spacial score (nSPS) is 15.3. The monoisotopic (exact) mass is 1170 g/mol. The number of aliphatic hydroxyl groups is 1. The molecule has 0 bridgehead atoms. The largest absolute Gasteiger partial charge is 0.391 e. The molecule has 0 radical (unpaired) electrons. The van der Waals surface area contributed by atoms with E-state index in [0.717, 1.165) is 91.6 Å². The summed E-state index contributed by atoms with van der Waals surface area (Å²) < 4.78 is 49.3. The number of hydroxylamine groups is 1. The van der Waals surface area contributed by atoms with Gasteiger partial charge in [0.2, 0.25) is 17.7 Å². The first-order valence-electron chi connectivity index (χ1n) is 26.2. The first-order valence-corrected chi connectivity index (χ1v) is 28.2. The van der Waals surface area contributed by atoms with Gasteiger partial charge in [-0.1, -0.05) is 120 Å². The van der Waals surface area contributed by atoms with Crippen molar-refractivity contribution in [1.82, 2.24) is 31.2 Å². The minimum Gasteiger partial charge on any atom is -0.391 e. The maximum absolute atomic E-state index is 14.7. The number of nitrogens with zero attached hydrogens (tertiary/aromatic N) is 3. The predicted molar refractivity (Wildman–Crippen MR) is 293 cm³/mol. The highest BCUT2D eigenvalue weighted by Crippen LogP contribution is 2.34. The summed E-state index contributed by atoms with van der Waals surface area (Å²) in [5.74, 6) is -5.28. The van der Waals surface area contributed by atoms with E-state index in [4.69, 9.17) is 9.36 Å². The lowest BCUT2D eigenvalue weighted by Gasteiger charge is -2.30. The highest BCUT2D eigenvalue weighted by atomic mass is 127. The smallest absolute Gasteiger partial charge is 0.277 e. The zero-order valence-corrected chi connectivity index (χ0v) is 46.3. The van der Waals surface area contributed by atoms with Crippen molar-refractivity contribution in [2.75, 3.05) is 25.0 Å². The van der Waals surface area contributed by atoms with Crippen LogP contribution in [0.1, 0.15) is 162 Å². The van der Waals surface area contributed by atoms with Gasteiger partial charge in [-0.05, 0) is 96.7 Å². The van der Waals surface area contributed by atoms with Crippen LogP contribution in [0.5, 0.6) is 0 Å². The van der Waals surface area contributed by atoms with Crippen molar-refractivity contribution in [1.29, 1.82) is 0 Å². The van der Waals surface area contributed by atoms with Crippen LogP contribution in [0, 0.1) is 40.8 Å². The predicted octanol–water partition coefficient (Wildman–Crippen LogP) is 12.1. The molecule has 4 atom stereocenters. The number of halogens is 4. The number of anilines is 2. The van der Waals surface area contributed by atoms with Gasteiger partial charge in [0.1, 0.15) is 23.5 Å². The maximum atomic E-state index is 14.7. The summed E-state index contributed by atoms with van der Waals surface area (Å²) in [6.45, 7) is 8.34. The highest BCUT2D eigenvalue weighted by Gasteiger charge is 2.44. The molecular formula is C56H71F3IN7O7S. The third-order valence-electron chi connectivity index (χ3n) is 13.5. The number of nitrogens with one attached hydrogen (secondary N) is 4. The molecule has 0 unspecified atom stereocenters. The molecule has 14 nitrogen and oxygen atoms in total. The lowest BCUT2D eigenvalue weighted by Crippen LogP contribution is -2.49. The summed E-state index contributed by atoms with van der Waals surface area (Å²) in [4.78, 5) is 66.6. The lowest BCUT2D eigenvalue weighted by atomic mass is 9.91. The fourth-order valence-corrected chi connectivity index (χ4v) is 10.6. The number of hydrogen-bond donors (Lipinski definition) is 5. The zero-order valence-electron chi connectivity index (χ0n) is 43.3. The van der Waals surface area contributed by atoms with Crippen molar-refractivity contribution in [3.63, 3.8) is 0 Å². The average molecular weight is 1170 g/mol. The molecule has 1 aliphatic rings. The molecule has 0 saturated carbocycles. The van der Waals surface area contributed by atoms with Gasteiger partial charge in [-0.25, -0.2) is 23.6 Å². The van der Waals surface area contributed by atoms with Crippen molar-refractivity contribution in [3.8, 4) is 10.4 Å². The molecule has 0 aliphatic carbocycles. The van der Waals surface area contributed by atoms with Gasteiger partial charge in [0, 0.05) is 29.1 Å². The van der Waals surface area contributed by atoms with Gasteiger partial charge >= 0.3 is 0 Å². The second kappa shape index (κ2) is 29.8. The minimum atomic E-state index is -1.30. The quantitative estimate of drug-likeness (QED) is 0.0168. The Morgan fingerprint density at radius 1 is 0.853 bits per heavy atom. The summed E-state index contributed by atoms with van der Waals surface area (Å²) in [7, 11) is 0. The number of aromatic nitrogens is 2. The molecule has 0 spiro atoms. The van der Waals surface area contributed by atoms with Crippen LogP contribution in [0.4, 0.5) is 24.5 Å². The number of thiazole rings is 1. The number of carbonyl (C=O) groups is 4. The third-order valence-corrected chi connectivity index (χ3v) is 15.1. The number of β-amino-alcohol motifs (C(OH)–C–C–N with tert-alkyl or cyclic N) is 1. The van der Waals surface area contributed by atoms with Crippen molar-refractivity contribution in [3.05, 3.63) is 115 Å². The minimum absolute atomic E-state index is 0.00287. The van der Waals surface area contributed by atoms with E-state index in [1.807, 2.05) is 67.6 Å². The molecule has 1 saturated heterocycles. The van der Waals surface area contributed by atoms with Gasteiger partial charge in [-0.3, -0.25) is 24.0 Å². The SMILES string of the molecule is Cc1cc([C@H](C(=O)N2C[C@H](O)C[C@H]2C(=O)N[C@@H](CC(=O)NCCCCCCCCCCCCCCCCONC(=O)c2ccc(F)c(F)c2Nc2ccc(I)cc2F)c2ccc(-c3scnc3C)cc2)C(C)C)on1. The molecule has 75 heavy (non-hydrogen) atoms. The Morgan fingerprint density at radius 3 is 2.11 bits per heavy atom. The highest BCUT2D eigenvalue weighted by molar-refractivity contribution is 14.1. The van der Waals surface area contributed by atoms with Gasteiger partial charge in [0.15, 0.2) is 11.6 Å². The van der Waals surface area contributed by atoms with E-state index in [-0.39, 0.29) is 55.0 Å². The summed E-state index contributed by atoms with van der Waals surface area (Å²) in [6.07, 6.45) is 14.1. The Kier molecular flexibility index (Phi) is 23.4. The first kappa shape index (κ1) is 58.9. The topological polar surface area (TPSA) is 188 Å². The van der Waals surface area contributed by atoms with E-state index < -0.39 is 59.1 Å². The molecule has 5 aromatic rings. The van der Waals surface area contributed by atoms with E-state index in [2.05, 4.69) is 31.6 Å². The first-order chi connectivity index (χ1) is 36.1. The molecule has 1 fully saturated rings. The number of likely N-dealkylation sites (tertiary alicyclic amines) is 1. The summed E-state index contributed by atoms with van der Waals surface area (Å²) in [5.41, 5.74) is 6.59. The number of benzene rings is 3. The second-order valence-corrected chi connectivity index (χ2v) is 21.9. The van der Waals surface area contributed by atoms with Crippen LogP contribution in [0.2, 0.25) is 0 Å². The third kappa shape index (κ3) is 17.6. The molecule has 4 amide bonds. The number of aliphatic hydroxyl groups excluding tert-OH is 1. The summed E-state index contributed by atoms with van der Waals surface area (Å²) >= 11 is 3.48. The lowest BCUT2D eigenvalue weighted by molar-refractivity contribution is -0.141. The Hall–Kier alpha value is -5.38. The number of unbranched alkanes of at least 4 members (excludes halogenated alkanes) is 13. The van der Waals surface area contributed by atoms with Gasteiger partial charge in [0.25, 0.3) is 5.91 Å². The number of rotatable bonds is 30. The number of carbonyl (C=O) groups excluding carboxylic acids is 4. The van der Waals surface area contributed by atoms with Crippen LogP contribution in [0.3, 0.4) is 0 Å². The Labute approximate surface area is 455 Å². The van der Waals surface area contributed by atoms with E-state index in [1.165, 1.54) is 49.1 Å². The molecule has 1 aliphatic heterocycles. The fraction of sp³-hybridized carbons (Fsp3) is 0.500. The van der Waals surface area contributed by atoms with E-state index in [0.29, 0.717) is 21.6 Å². The van der Waals surface area contributed by atoms with Crippen molar-refractivity contribution in [2.24, 2.45) is 5.92 Å². The van der Waals surface area contributed by atoms with E-state index in [1.54, 1.807) is 35.9 Å². The molecular weight excluding hydrogens is 1100 g/mol. The number of hydrogen-bond acceptors (Lipinski definition) is 11. The molecule has 3 heterocycles. The summed E-state index contributed by atoms with van der Waals surface area (Å²) in [6, 6.07) is 14.0. The van der Waals surface area contributed by atoms with Crippen molar-refractivity contribution < 1.29 is 46.8 Å². The zero-order chi connectivity index (χ0) is 53.9. The Morgan fingerprint density at radius 2 is 1.51 bits per heavy atom. The molecule has 406 valence electrons. The van der Waals surface area contributed by atoms with E-state index in [9.17, 15) is 37.5 Å². The second-order valence-electron chi connectivity index (χ2n) is 19.8. The molecule has 3 aromatic carbocycles. The number of aryl methyl sites for hydroxylation is 2. The molecule has 6 rings (SSSR count). The Balaban J connectivity index is 0.830. The van der Waals surface area contributed by atoms with Gasteiger partial charge in [0.05, 0.1) is 63.9 Å². The average Bonchev–Trinajstić information content (AvgIpc) is 4.13. The van der Waals surface area contributed by atoms with Crippen molar-refractivity contribution >= 4 is 68.9 Å². The van der Waals surface area contributed by atoms with Crippen LogP contribution < -0.4 is 21.4 Å². The standard InChI is InChI=1S/C56H71F3IN7O7S/c1-35(2)50(48-29-36(3)65-74-48)56(72)67-33-41(68)31-47(67)55(71)64-46(38-19-21-39(22-20-38)53-37(4)62-34-75-53)32-49(69)61-27-17-15-13-11-9-7-5-6-8-10-12-14-16-18-28-73-66-54(70)42-24-25-43(57)51(59)52(42)63-45-26-23-40(60)30-44(45)58/h19-26,29-30,34-35,41,46-47,50,63,68H,5-18,27-28,31-33H2,1-4H3,(H,61,69)(H,64,71)(H,66,70)/t41-,46+,47+,50-/m1/s1. The Bertz CT molecular complexity index is 2650. The van der Waals surface area contributed by atoms with Crippen LogP contribution in [-0.2, 0) is 19.2 Å². The fourth-order valence-electron chi connectivity index (χ4n) is 9.38.